The fraction of sp³-hybridized carbons (Fsp3) is 0.267. The van der Waals surface area contributed by atoms with Crippen molar-refractivity contribution >= 4 is 5.69 Å². The summed E-state index contributed by atoms with van der Waals surface area (Å²) in [5.41, 5.74) is 5.12. The molecule has 0 saturated carbocycles. The van der Waals surface area contributed by atoms with E-state index < -0.39 is 0 Å². The van der Waals surface area contributed by atoms with Crippen LogP contribution in [0.3, 0.4) is 0 Å². The van der Waals surface area contributed by atoms with E-state index in [-0.39, 0.29) is 24.0 Å². The lowest BCUT2D eigenvalue weighted by Crippen LogP contribution is -3.00. The van der Waals surface area contributed by atoms with Gasteiger partial charge < -0.3 is 28.9 Å². The van der Waals surface area contributed by atoms with Crippen LogP contribution in [-0.2, 0) is 7.05 Å². The van der Waals surface area contributed by atoms with Crippen LogP contribution < -0.4 is 33.4 Å². The molecule has 0 aliphatic carbocycles. The monoisotopic (exact) mass is 354 g/mol. The van der Waals surface area contributed by atoms with Crippen molar-refractivity contribution in [3.63, 3.8) is 0 Å². The zero-order chi connectivity index (χ0) is 12.4. The summed E-state index contributed by atoms with van der Waals surface area (Å²) in [6.07, 6.45) is 4.16. The molecule has 1 aromatic carbocycles. The van der Waals surface area contributed by atoms with Crippen molar-refractivity contribution in [2.24, 2.45) is 7.05 Å². The normalized spacial score (nSPS) is 9.78. The van der Waals surface area contributed by atoms with Crippen molar-refractivity contribution in [2.45, 2.75) is 6.92 Å². The molecule has 0 spiro atoms. The molecule has 0 saturated heterocycles. The first-order valence-electron chi connectivity index (χ1n) is 5.81. The molecule has 0 unspecified atom stereocenters. The van der Waals surface area contributed by atoms with Gasteiger partial charge >= 0.3 is 0 Å². The Labute approximate surface area is 126 Å². The van der Waals surface area contributed by atoms with E-state index in [1.54, 1.807) is 0 Å². The van der Waals surface area contributed by atoms with Gasteiger partial charge in [0.1, 0.15) is 7.05 Å². The van der Waals surface area contributed by atoms with Gasteiger partial charge in [0.2, 0.25) is 0 Å². The molecule has 2 nitrogen and oxygen atoms in total. The van der Waals surface area contributed by atoms with Crippen molar-refractivity contribution in [3.05, 3.63) is 48.3 Å². The van der Waals surface area contributed by atoms with Gasteiger partial charge in [-0.2, -0.15) is 0 Å². The van der Waals surface area contributed by atoms with Gasteiger partial charge in [-0.15, -0.1) is 0 Å². The van der Waals surface area contributed by atoms with Gasteiger partial charge in [0, 0.05) is 31.9 Å². The van der Waals surface area contributed by atoms with Crippen molar-refractivity contribution in [1.82, 2.24) is 0 Å². The van der Waals surface area contributed by atoms with Crippen LogP contribution in [0.4, 0.5) is 5.69 Å². The highest BCUT2D eigenvalue weighted by atomic mass is 127. The van der Waals surface area contributed by atoms with Crippen LogP contribution in [0.15, 0.2) is 42.7 Å². The molecule has 0 fully saturated rings. The molecule has 0 amide bonds. The van der Waals surface area contributed by atoms with Gasteiger partial charge in [-0.1, -0.05) is 6.07 Å². The lowest BCUT2D eigenvalue weighted by molar-refractivity contribution is -0.671. The minimum Gasteiger partial charge on any atom is -1.00 e. The minimum absolute atomic E-state index is 0. The van der Waals surface area contributed by atoms with Crippen LogP contribution in [0, 0.1) is 6.92 Å². The Morgan fingerprint density at radius 2 is 1.61 bits per heavy atom. The Hall–Kier alpha value is -1.10. The van der Waals surface area contributed by atoms with Gasteiger partial charge in [0.05, 0.1) is 0 Å². The number of benzene rings is 1. The van der Waals surface area contributed by atoms with Crippen LogP contribution in [0.1, 0.15) is 5.56 Å². The molecular formula is C15H19IN2. The number of hydrogen-bond acceptors (Lipinski definition) is 1. The smallest absolute Gasteiger partial charge is 0.169 e. The highest BCUT2D eigenvalue weighted by molar-refractivity contribution is 5.69. The van der Waals surface area contributed by atoms with Gasteiger partial charge in [-0.25, -0.2) is 4.57 Å². The average molecular weight is 354 g/mol. The largest absolute Gasteiger partial charge is 1.00 e. The lowest BCUT2D eigenvalue weighted by Gasteiger charge is -2.15. The molecule has 2 aromatic rings. The Kier molecular flexibility index (Phi) is 5.14. The fourth-order valence-electron chi connectivity index (χ4n) is 1.93. The fourth-order valence-corrected chi connectivity index (χ4v) is 1.93. The number of aromatic nitrogens is 1. The van der Waals surface area contributed by atoms with E-state index in [1.807, 2.05) is 11.6 Å². The summed E-state index contributed by atoms with van der Waals surface area (Å²) in [6.45, 7) is 2.16. The van der Waals surface area contributed by atoms with Crippen molar-refractivity contribution < 1.29 is 28.5 Å². The number of hydrogen-bond donors (Lipinski definition) is 0. The maximum absolute atomic E-state index is 2.22. The summed E-state index contributed by atoms with van der Waals surface area (Å²) in [4.78, 5) is 2.13. The van der Waals surface area contributed by atoms with Gasteiger partial charge in [-0.3, -0.25) is 0 Å². The molecule has 0 atom stereocenters. The third kappa shape index (κ3) is 3.22. The number of nitrogens with zero attached hydrogens (tertiary/aromatic N) is 2. The van der Waals surface area contributed by atoms with E-state index in [0.29, 0.717) is 0 Å². The van der Waals surface area contributed by atoms with Crippen LogP contribution in [-0.4, -0.2) is 14.1 Å². The third-order valence-corrected chi connectivity index (χ3v) is 3.02. The highest BCUT2D eigenvalue weighted by Gasteiger charge is 2.05. The topological polar surface area (TPSA) is 7.12 Å². The zero-order valence-electron chi connectivity index (χ0n) is 11.3. The predicted octanol–water partition coefficient (Wildman–Crippen LogP) is -0.443. The molecule has 96 valence electrons. The van der Waals surface area contributed by atoms with Crippen LogP contribution in [0.25, 0.3) is 11.1 Å². The average Bonchev–Trinajstić information content (AvgIpc) is 2.30. The lowest BCUT2D eigenvalue weighted by atomic mass is 10.0. The summed E-state index contributed by atoms with van der Waals surface area (Å²) in [6, 6.07) is 10.9. The molecule has 0 aliphatic rings. The molecule has 2 rings (SSSR count). The van der Waals surface area contributed by atoms with Crippen LogP contribution in [0.5, 0.6) is 0 Å². The minimum atomic E-state index is 0. The second-order valence-corrected chi connectivity index (χ2v) is 4.65. The summed E-state index contributed by atoms with van der Waals surface area (Å²) >= 11 is 0. The Bertz CT molecular complexity index is 519. The first-order valence-corrected chi connectivity index (χ1v) is 5.81. The maximum Gasteiger partial charge on any atom is 0.169 e. The van der Waals surface area contributed by atoms with Crippen LogP contribution >= 0.6 is 0 Å². The first-order chi connectivity index (χ1) is 8.08. The molecule has 18 heavy (non-hydrogen) atoms. The van der Waals surface area contributed by atoms with Gasteiger partial charge in [0.25, 0.3) is 0 Å². The highest BCUT2D eigenvalue weighted by Crippen LogP contribution is 2.25. The number of halogens is 1. The van der Waals surface area contributed by atoms with Gasteiger partial charge in [-0.05, 0) is 35.7 Å². The SMILES string of the molecule is Cc1cc(N(C)C)ccc1-c1cc[n+](C)cc1.[I-]. The van der Waals surface area contributed by atoms with Crippen LogP contribution in [0.2, 0.25) is 0 Å². The quantitative estimate of drug-likeness (QED) is 0.524. The maximum atomic E-state index is 2.22. The van der Waals surface area contributed by atoms with E-state index >= 15 is 0 Å². The summed E-state index contributed by atoms with van der Waals surface area (Å²) < 4.78 is 2.05. The summed E-state index contributed by atoms with van der Waals surface area (Å²) in [5, 5.41) is 0. The molecule has 0 radical (unpaired) electrons. The van der Waals surface area contributed by atoms with Crippen molar-refractivity contribution in [2.75, 3.05) is 19.0 Å². The zero-order valence-corrected chi connectivity index (χ0v) is 13.5. The summed E-state index contributed by atoms with van der Waals surface area (Å²) in [7, 11) is 6.17. The van der Waals surface area contributed by atoms with Crippen molar-refractivity contribution in [1.29, 1.82) is 0 Å². The Morgan fingerprint density at radius 1 is 1.00 bits per heavy atom. The second kappa shape index (κ2) is 6.18. The number of pyridine rings is 1. The molecule has 1 aromatic heterocycles. The number of anilines is 1. The van der Waals surface area contributed by atoms with E-state index in [9.17, 15) is 0 Å². The molecule has 0 aliphatic heterocycles. The predicted molar refractivity (Wildman–Crippen MR) is 72.1 cm³/mol. The molecule has 1 heterocycles. The molecule has 0 bridgehead atoms. The van der Waals surface area contributed by atoms with E-state index in [0.717, 1.165) is 0 Å². The number of aryl methyl sites for hydroxylation is 2. The Morgan fingerprint density at radius 3 is 2.11 bits per heavy atom. The van der Waals surface area contributed by atoms with E-state index in [4.69, 9.17) is 0 Å². The Balaban J connectivity index is 0.00000162. The first kappa shape index (κ1) is 15.0. The van der Waals surface area contributed by atoms with Gasteiger partial charge in [0.15, 0.2) is 12.4 Å². The number of rotatable bonds is 2. The van der Waals surface area contributed by atoms with Crippen molar-refractivity contribution in [3.8, 4) is 11.1 Å². The molecule has 3 heteroatoms. The molecular weight excluding hydrogens is 335 g/mol. The standard InChI is InChI=1S/C15H19N2.HI/c1-12-11-14(16(2)3)5-6-15(12)13-7-9-17(4)10-8-13;/h5-11H,1-4H3;1H/q+1;/p-1. The third-order valence-electron chi connectivity index (χ3n) is 3.02. The second-order valence-electron chi connectivity index (χ2n) is 4.65. The summed E-state index contributed by atoms with van der Waals surface area (Å²) in [5.74, 6) is 0. The van der Waals surface area contributed by atoms with E-state index in [1.165, 1.54) is 22.4 Å². The molecule has 0 N–H and O–H groups in total. The van der Waals surface area contributed by atoms with E-state index in [2.05, 4.69) is 68.6 Å².